The number of nitrogens with zero attached hydrogens (tertiary/aromatic N) is 2. The van der Waals surface area contributed by atoms with Gasteiger partial charge in [-0.05, 0) is 24.0 Å². The molecule has 1 rings (SSSR count). The average Bonchev–Trinajstić information content (AvgIpc) is 2.41. The predicted octanol–water partition coefficient (Wildman–Crippen LogP) is 4.49. The third-order valence-electron chi connectivity index (χ3n) is 2.48. The van der Waals surface area contributed by atoms with E-state index in [1.165, 1.54) is 0 Å². The summed E-state index contributed by atoms with van der Waals surface area (Å²) in [6.07, 6.45) is 2.70. The summed E-state index contributed by atoms with van der Waals surface area (Å²) in [5.74, 6) is 7.03. The molecule has 0 aliphatic heterocycles. The molecule has 0 bridgehead atoms. The van der Waals surface area contributed by atoms with E-state index >= 15 is 0 Å². The lowest BCUT2D eigenvalue weighted by Gasteiger charge is -1.99. The van der Waals surface area contributed by atoms with Crippen molar-refractivity contribution in [2.24, 2.45) is 15.9 Å². The number of para-hydroxylation sites is 1. The van der Waals surface area contributed by atoms with Crippen LogP contribution in [0.4, 0.5) is 5.69 Å². The van der Waals surface area contributed by atoms with Crippen molar-refractivity contribution in [3.63, 3.8) is 0 Å². The Balaban J connectivity index is 2.72. The second-order valence-corrected chi connectivity index (χ2v) is 4.85. The van der Waals surface area contributed by atoms with Gasteiger partial charge in [0.05, 0.1) is 11.7 Å². The van der Waals surface area contributed by atoms with Gasteiger partial charge in [0, 0.05) is 19.4 Å². The van der Waals surface area contributed by atoms with Crippen LogP contribution in [0, 0.1) is 17.8 Å². The monoisotopic (exact) mass is 254 g/mol. The minimum atomic E-state index is 0.627. The summed E-state index contributed by atoms with van der Waals surface area (Å²) in [4.78, 5) is 8.37. The van der Waals surface area contributed by atoms with Gasteiger partial charge < -0.3 is 0 Å². The average molecular weight is 254 g/mol. The SMILES string of the molecule is CCCN=C=Nc1ccccc1CC#CCC(C)C. The molecule has 0 amide bonds. The number of benzene rings is 1. The van der Waals surface area contributed by atoms with Crippen LogP contribution in [0.1, 0.15) is 39.2 Å². The van der Waals surface area contributed by atoms with Gasteiger partial charge in [-0.1, -0.05) is 44.9 Å². The van der Waals surface area contributed by atoms with Crippen molar-refractivity contribution in [3.05, 3.63) is 29.8 Å². The van der Waals surface area contributed by atoms with E-state index in [1.807, 2.05) is 18.2 Å². The van der Waals surface area contributed by atoms with E-state index in [0.29, 0.717) is 5.92 Å². The van der Waals surface area contributed by atoms with Crippen LogP contribution in [0.25, 0.3) is 0 Å². The van der Waals surface area contributed by atoms with E-state index in [0.717, 1.165) is 37.1 Å². The molecule has 0 unspecified atom stereocenters. The Hall–Kier alpha value is -1.84. The zero-order chi connectivity index (χ0) is 13.9. The van der Waals surface area contributed by atoms with Crippen LogP contribution in [0.15, 0.2) is 34.3 Å². The smallest absolute Gasteiger partial charge is 0.0949 e. The predicted molar refractivity (Wildman–Crippen MR) is 82.1 cm³/mol. The van der Waals surface area contributed by atoms with Gasteiger partial charge in [-0.2, -0.15) is 4.99 Å². The Morgan fingerprint density at radius 2 is 1.95 bits per heavy atom. The molecule has 100 valence electrons. The summed E-state index contributed by atoms with van der Waals surface area (Å²) in [5.41, 5.74) is 2.05. The number of hydrogen-bond donors (Lipinski definition) is 0. The number of rotatable bonds is 5. The fourth-order valence-electron chi connectivity index (χ4n) is 1.45. The zero-order valence-electron chi connectivity index (χ0n) is 12.1. The first kappa shape index (κ1) is 15.2. The van der Waals surface area contributed by atoms with Crippen LogP contribution in [0.3, 0.4) is 0 Å². The molecule has 0 aromatic heterocycles. The Labute approximate surface area is 116 Å². The summed E-state index contributed by atoms with van der Waals surface area (Å²) in [7, 11) is 0. The van der Waals surface area contributed by atoms with Crippen molar-refractivity contribution >= 4 is 11.7 Å². The van der Waals surface area contributed by atoms with Gasteiger partial charge in [-0.15, -0.1) is 5.92 Å². The molecule has 1 aromatic rings. The quantitative estimate of drug-likeness (QED) is 0.546. The van der Waals surface area contributed by atoms with Crippen molar-refractivity contribution in [1.29, 1.82) is 0 Å². The van der Waals surface area contributed by atoms with Crippen molar-refractivity contribution < 1.29 is 0 Å². The van der Waals surface area contributed by atoms with Gasteiger partial charge in [0.15, 0.2) is 0 Å². The molecule has 0 radical (unpaired) electrons. The van der Waals surface area contributed by atoms with Crippen molar-refractivity contribution in [2.45, 2.75) is 40.0 Å². The molecule has 0 saturated carbocycles. The van der Waals surface area contributed by atoms with Gasteiger partial charge >= 0.3 is 0 Å². The Morgan fingerprint density at radius 1 is 1.16 bits per heavy atom. The van der Waals surface area contributed by atoms with Gasteiger partial charge in [0.2, 0.25) is 0 Å². The van der Waals surface area contributed by atoms with Gasteiger partial charge in [-0.25, -0.2) is 4.99 Å². The molecule has 1 aromatic carbocycles. The normalized spacial score (nSPS) is 9.47. The maximum Gasteiger partial charge on any atom is 0.0949 e. The first-order valence-corrected chi connectivity index (χ1v) is 6.90. The highest BCUT2D eigenvalue weighted by atomic mass is 14.8. The largest absolute Gasteiger partial charge is 0.225 e. The molecule has 0 aliphatic rings. The molecular formula is C17H22N2. The highest BCUT2D eigenvalue weighted by Gasteiger charge is 1.97. The van der Waals surface area contributed by atoms with E-state index in [1.54, 1.807) is 0 Å². The molecule has 0 fully saturated rings. The topological polar surface area (TPSA) is 24.7 Å². The summed E-state index contributed by atoms with van der Waals surface area (Å²) in [6.45, 7) is 7.22. The molecular weight excluding hydrogens is 232 g/mol. The summed E-state index contributed by atoms with van der Waals surface area (Å²) < 4.78 is 0. The highest BCUT2D eigenvalue weighted by Crippen LogP contribution is 2.18. The fourth-order valence-corrected chi connectivity index (χ4v) is 1.45. The van der Waals surface area contributed by atoms with Crippen LogP contribution in [0.2, 0.25) is 0 Å². The molecule has 2 heteroatoms. The molecule has 2 nitrogen and oxygen atoms in total. The Morgan fingerprint density at radius 3 is 2.68 bits per heavy atom. The van der Waals surface area contributed by atoms with E-state index in [-0.39, 0.29) is 0 Å². The Bertz CT molecular complexity index is 497. The van der Waals surface area contributed by atoms with Crippen molar-refractivity contribution in [1.82, 2.24) is 0 Å². The van der Waals surface area contributed by atoms with E-state index in [2.05, 4.69) is 54.7 Å². The van der Waals surface area contributed by atoms with E-state index in [4.69, 9.17) is 0 Å². The second kappa shape index (κ2) is 9.14. The van der Waals surface area contributed by atoms with Crippen molar-refractivity contribution in [3.8, 4) is 11.8 Å². The molecule has 19 heavy (non-hydrogen) atoms. The lowest BCUT2D eigenvalue weighted by molar-refractivity contribution is 0.675. The van der Waals surface area contributed by atoms with Crippen molar-refractivity contribution in [2.75, 3.05) is 6.54 Å². The highest BCUT2D eigenvalue weighted by molar-refractivity contribution is 5.56. The third kappa shape index (κ3) is 6.60. The van der Waals surface area contributed by atoms with Gasteiger partial charge in [0.25, 0.3) is 0 Å². The second-order valence-electron chi connectivity index (χ2n) is 4.85. The molecule has 0 aliphatic carbocycles. The maximum atomic E-state index is 4.27. The molecule has 0 spiro atoms. The Kier molecular flexibility index (Phi) is 7.32. The van der Waals surface area contributed by atoms with Gasteiger partial charge in [-0.3, -0.25) is 0 Å². The lowest BCUT2D eigenvalue weighted by Crippen LogP contribution is -1.85. The third-order valence-corrected chi connectivity index (χ3v) is 2.48. The van der Waals surface area contributed by atoms with Crippen LogP contribution in [-0.2, 0) is 6.42 Å². The van der Waals surface area contributed by atoms with Crippen LogP contribution in [-0.4, -0.2) is 12.6 Å². The van der Waals surface area contributed by atoms with Gasteiger partial charge in [0.1, 0.15) is 0 Å². The zero-order valence-corrected chi connectivity index (χ0v) is 12.1. The minimum absolute atomic E-state index is 0.627. The lowest BCUT2D eigenvalue weighted by atomic mass is 10.1. The molecule has 0 saturated heterocycles. The molecule has 0 heterocycles. The summed E-state index contributed by atoms with van der Waals surface area (Å²) >= 11 is 0. The van der Waals surface area contributed by atoms with E-state index < -0.39 is 0 Å². The number of hydrogen-bond acceptors (Lipinski definition) is 2. The molecule has 0 N–H and O–H groups in total. The fraction of sp³-hybridized carbons (Fsp3) is 0.471. The van der Waals surface area contributed by atoms with Crippen LogP contribution < -0.4 is 0 Å². The summed E-state index contributed by atoms with van der Waals surface area (Å²) in [5, 5.41) is 0. The first-order valence-electron chi connectivity index (χ1n) is 6.90. The van der Waals surface area contributed by atoms with Crippen LogP contribution >= 0.6 is 0 Å². The minimum Gasteiger partial charge on any atom is -0.225 e. The maximum absolute atomic E-state index is 4.27. The van der Waals surface area contributed by atoms with E-state index in [9.17, 15) is 0 Å². The first-order chi connectivity index (χ1) is 9.24. The van der Waals surface area contributed by atoms with Crippen LogP contribution in [0.5, 0.6) is 0 Å². The number of aliphatic imine (C=N–C) groups is 2. The standard InChI is InChI=1S/C17H22N2/c1-4-13-18-14-19-17-12-8-7-11-16(17)10-6-5-9-15(2)3/h7-8,11-12,15H,4,9-10,13H2,1-3H3. The molecule has 0 atom stereocenters. The summed E-state index contributed by atoms with van der Waals surface area (Å²) in [6, 6.07) is 10.8.